The van der Waals surface area contributed by atoms with Gasteiger partial charge in [-0.25, -0.2) is 4.99 Å². The molecule has 3 heterocycles. The van der Waals surface area contributed by atoms with Crippen molar-refractivity contribution in [3.8, 4) is 11.3 Å². The third-order valence-electron chi connectivity index (χ3n) is 3.70. The van der Waals surface area contributed by atoms with E-state index in [1.165, 1.54) is 0 Å². The topological polar surface area (TPSA) is 43.3 Å². The molecule has 0 saturated heterocycles. The molecule has 0 atom stereocenters. The lowest BCUT2D eigenvalue weighted by atomic mass is 10.2. The Kier molecular flexibility index (Phi) is 4.63. The van der Waals surface area contributed by atoms with Gasteiger partial charge >= 0.3 is 0 Å². The molecular weight excluding hydrogens is 398 g/mol. The van der Waals surface area contributed by atoms with Crippen molar-refractivity contribution >= 4 is 33.0 Å². The molecule has 4 nitrogen and oxygen atoms in total. The maximum Gasteiger partial charge on any atom is 0.190 e. The Morgan fingerprint density at radius 2 is 2.00 bits per heavy atom. The molecule has 0 aliphatic carbocycles. The van der Waals surface area contributed by atoms with Crippen LogP contribution in [0.1, 0.15) is 5.76 Å². The summed E-state index contributed by atoms with van der Waals surface area (Å²) >= 11 is 5.10. The molecule has 0 bridgehead atoms. The molecule has 6 heteroatoms. The van der Waals surface area contributed by atoms with Crippen molar-refractivity contribution in [3.05, 3.63) is 87.6 Å². The summed E-state index contributed by atoms with van der Waals surface area (Å²) in [6.07, 6.45) is 5.20. The van der Waals surface area contributed by atoms with E-state index in [0.29, 0.717) is 6.54 Å². The number of thiazole rings is 1. The van der Waals surface area contributed by atoms with Crippen molar-refractivity contribution in [3.63, 3.8) is 0 Å². The van der Waals surface area contributed by atoms with Gasteiger partial charge in [-0.1, -0.05) is 28.1 Å². The minimum Gasteiger partial charge on any atom is -0.467 e. The number of halogens is 1. The van der Waals surface area contributed by atoms with Crippen LogP contribution in [0.3, 0.4) is 0 Å². The van der Waals surface area contributed by atoms with Crippen LogP contribution in [0.4, 0.5) is 5.69 Å². The van der Waals surface area contributed by atoms with Crippen LogP contribution in [0.2, 0.25) is 0 Å². The van der Waals surface area contributed by atoms with Crippen molar-refractivity contribution in [1.29, 1.82) is 0 Å². The number of aromatic nitrogens is 2. The molecule has 0 N–H and O–H groups in total. The highest BCUT2D eigenvalue weighted by Crippen LogP contribution is 2.23. The second kappa shape index (κ2) is 7.21. The van der Waals surface area contributed by atoms with Crippen molar-refractivity contribution < 1.29 is 4.42 Å². The van der Waals surface area contributed by atoms with Gasteiger partial charge in [-0.2, -0.15) is 0 Å². The summed E-state index contributed by atoms with van der Waals surface area (Å²) in [5, 5.41) is 2.13. The second-order valence-corrected chi connectivity index (χ2v) is 7.15. The van der Waals surface area contributed by atoms with E-state index in [2.05, 4.69) is 43.0 Å². The summed E-state index contributed by atoms with van der Waals surface area (Å²) in [4.78, 5) is 9.80. The molecule has 124 valence electrons. The first-order valence-corrected chi connectivity index (χ1v) is 9.38. The maximum absolute atomic E-state index is 5.54. The van der Waals surface area contributed by atoms with Gasteiger partial charge in [0.2, 0.25) is 0 Å². The summed E-state index contributed by atoms with van der Waals surface area (Å²) in [5.41, 5.74) is 3.08. The highest BCUT2D eigenvalue weighted by atomic mass is 79.9. The number of nitrogens with zero attached hydrogens (tertiary/aromatic N) is 3. The molecule has 0 amide bonds. The lowest BCUT2D eigenvalue weighted by molar-refractivity contribution is 0.492. The first kappa shape index (κ1) is 16.1. The van der Waals surface area contributed by atoms with E-state index in [-0.39, 0.29) is 0 Å². The molecule has 1 aromatic carbocycles. The maximum atomic E-state index is 5.54. The van der Waals surface area contributed by atoms with E-state index in [1.807, 2.05) is 36.4 Å². The average Bonchev–Trinajstić information content (AvgIpc) is 3.28. The molecule has 25 heavy (non-hydrogen) atoms. The van der Waals surface area contributed by atoms with E-state index < -0.39 is 0 Å². The molecule has 4 rings (SSSR count). The molecule has 4 aromatic rings. The molecular formula is C19H14BrN3OS. The number of benzene rings is 1. The van der Waals surface area contributed by atoms with Crippen LogP contribution in [0.5, 0.6) is 0 Å². The van der Waals surface area contributed by atoms with Crippen molar-refractivity contribution in [2.45, 2.75) is 6.54 Å². The Labute approximate surface area is 157 Å². The quantitative estimate of drug-likeness (QED) is 0.460. The van der Waals surface area contributed by atoms with Crippen LogP contribution in [-0.4, -0.2) is 9.55 Å². The van der Waals surface area contributed by atoms with Gasteiger partial charge in [0.25, 0.3) is 0 Å². The third-order valence-corrected chi connectivity index (χ3v) is 5.09. The summed E-state index contributed by atoms with van der Waals surface area (Å²) < 4.78 is 8.77. The molecule has 0 aliphatic heterocycles. The summed E-state index contributed by atoms with van der Waals surface area (Å²) in [7, 11) is 0. The third kappa shape index (κ3) is 3.65. The van der Waals surface area contributed by atoms with E-state index in [4.69, 9.17) is 9.41 Å². The Hall–Kier alpha value is -2.44. The first-order valence-electron chi connectivity index (χ1n) is 7.71. The summed E-state index contributed by atoms with van der Waals surface area (Å²) in [6.45, 7) is 0.626. The zero-order valence-corrected chi connectivity index (χ0v) is 15.6. The molecule has 0 saturated carbocycles. The van der Waals surface area contributed by atoms with Gasteiger partial charge in [-0.05, 0) is 42.0 Å². The smallest absolute Gasteiger partial charge is 0.190 e. The number of furan rings is 1. The Balaban J connectivity index is 1.84. The van der Waals surface area contributed by atoms with Gasteiger partial charge < -0.3 is 8.98 Å². The van der Waals surface area contributed by atoms with Gasteiger partial charge in [0, 0.05) is 16.0 Å². The summed E-state index contributed by atoms with van der Waals surface area (Å²) in [6, 6.07) is 16.0. The van der Waals surface area contributed by atoms with Gasteiger partial charge in [-0.15, -0.1) is 11.3 Å². The fraction of sp³-hybridized carbons (Fsp3) is 0.0526. The highest BCUT2D eigenvalue weighted by molar-refractivity contribution is 9.10. The molecule has 0 spiro atoms. The van der Waals surface area contributed by atoms with Crippen molar-refractivity contribution in [2.24, 2.45) is 4.99 Å². The average molecular weight is 412 g/mol. The SMILES string of the molecule is Brc1ccc(-c2csc(=Nc3cccnc3)n2Cc2ccco2)cc1. The monoisotopic (exact) mass is 411 g/mol. The zero-order valence-electron chi connectivity index (χ0n) is 13.2. The molecule has 0 radical (unpaired) electrons. The molecule has 0 fully saturated rings. The van der Waals surface area contributed by atoms with Crippen LogP contribution in [0, 0.1) is 0 Å². The van der Waals surface area contributed by atoms with Crippen molar-refractivity contribution in [1.82, 2.24) is 9.55 Å². The van der Waals surface area contributed by atoms with E-state index in [1.54, 1.807) is 30.0 Å². The number of pyridine rings is 1. The Morgan fingerprint density at radius 1 is 1.12 bits per heavy atom. The first-order chi connectivity index (χ1) is 12.3. The largest absolute Gasteiger partial charge is 0.467 e. The van der Waals surface area contributed by atoms with Crippen LogP contribution in [0.15, 0.2) is 86.5 Å². The van der Waals surface area contributed by atoms with Crippen LogP contribution in [0.25, 0.3) is 11.3 Å². The van der Waals surface area contributed by atoms with Crippen LogP contribution < -0.4 is 4.80 Å². The number of hydrogen-bond donors (Lipinski definition) is 0. The number of hydrogen-bond acceptors (Lipinski definition) is 4. The standard InChI is InChI=1S/C19H14BrN3OS/c20-15-7-5-14(6-8-15)18-13-25-19(22-16-3-1-9-21-11-16)23(18)12-17-4-2-10-24-17/h1-11,13H,12H2. The van der Waals surface area contributed by atoms with Gasteiger partial charge in [0.1, 0.15) is 5.76 Å². The van der Waals surface area contributed by atoms with E-state index >= 15 is 0 Å². The van der Waals surface area contributed by atoms with Gasteiger partial charge in [0.15, 0.2) is 4.80 Å². The van der Waals surface area contributed by atoms with Gasteiger partial charge in [0.05, 0.1) is 30.4 Å². The summed E-state index contributed by atoms with van der Waals surface area (Å²) in [5.74, 6) is 0.893. The van der Waals surface area contributed by atoms with Crippen molar-refractivity contribution in [2.75, 3.05) is 0 Å². The molecule has 0 aliphatic rings. The minimum absolute atomic E-state index is 0.626. The fourth-order valence-electron chi connectivity index (χ4n) is 2.51. The second-order valence-electron chi connectivity index (χ2n) is 5.40. The Bertz CT molecular complexity index is 1020. The van der Waals surface area contributed by atoms with Gasteiger partial charge in [-0.3, -0.25) is 4.98 Å². The van der Waals surface area contributed by atoms with Crippen LogP contribution >= 0.6 is 27.3 Å². The predicted molar refractivity (Wildman–Crippen MR) is 103 cm³/mol. The molecule has 3 aromatic heterocycles. The fourth-order valence-corrected chi connectivity index (χ4v) is 3.70. The highest BCUT2D eigenvalue weighted by Gasteiger charge is 2.10. The minimum atomic E-state index is 0.626. The Morgan fingerprint density at radius 3 is 2.72 bits per heavy atom. The normalized spacial score (nSPS) is 11.8. The number of rotatable bonds is 4. The molecule has 0 unspecified atom stereocenters. The lowest BCUT2D eigenvalue weighted by Crippen LogP contribution is -2.16. The van der Waals surface area contributed by atoms with E-state index in [0.717, 1.165) is 32.0 Å². The van der Waals surface area contributed by atoms with E-state index in [9.17, 15) is 0 Å². The lowest BCUT2D eigenvalue weighted by Gasteiger charge is -2.08. The zero-order chi connectivity index (χ0) is 17.1. The van der Waals surface area contributed by atoms with Crippen LogP contribution in [-0.2, 0) is 6.54 Å². The predicted octanol–water partition coefficient (Wildman–Crippen LogP) is 5.25.